The van der Waals surface area contributed by atoms with Crippen LogP contribution in [0.3, 0.4) is 0 Å². The number of carbonyl (C=O) groups is 11. The quantitative estimate of drug-likeness (QED) is 0.0453. The molecule has 0 radical (unpaired) electrons. The molecule has 0 spiro atoms. The highest BCUT2D eigenvalue weighted by atomic mass is 16.4. The van der Waals surface area contributed by atoms with Crippen LogP contribution < -0.4 is 31.9 Å². The number of hydrogen-bond acceptors (Lipinski definition) is 11. The first-order valence-corrected chi connectivity index (χ1v) is 19.0. The monoisotopic (exact) mass is 811 g/mol. The first-order valence-electron chi connectivity index (χ1n) is 19.0. The summed E-state index contributed by atoms with van der Waals surface area (Å²) in [6.45, 7) is 7.17. The van der Waals surface area contributed by atoms with Crippen molar-refractivity contribution in [3.8, 4) is 0 Å². The van der Waals surface area contributed by atoms with Gasteiger partial charge in [0, 0.05) is 26.3 Å². The molecule has 9 N–H and O–H groups in total. The molecule has 1 fully saturated rings. The van der Waals surface area contributed by atoms with Crippen molar-refractivity contribution in [2.75, 3.05) is 13.1 Å². The van der Waals surface area contributed by atoms with Gasteiger partial charge in [-0.3, -0.25) is 52.7 Å². The number of likely N-dealkylation sites (tertiary alicyclic amines) is 1. The molecule has 6 atom stereocenters. The number of nitrogens with zero attached hydrogens (tertiary/aromatic N) is 1. The second-order valence-corrected chi connectivity index (χ2v) is 14.1. The maximum atomic E-state index is 14.0. The van der Waals surface area contributed by atoms with Crippen LogP contribution in [0.5, 0.6) is 0 Å². The fourth-order valence-corrected chi connectivity index (χ4v) is 6.04. The van der Waals surface area contributed by atoms with Gasteiger partial charge in [0.2, 0.25) is 41.2 Å². The molecule has 0 bridgehead atoms. The smallest absolute Gasteiger partial charge is 0.322 e. The van der Waals surface area contributed by atoms with Crippen molar-refractivity contribution in [3.05, 3.63) is 0 Å². The van der Waals surface area contributed by atoms with E-state index in [-0.39, 0.29) is 32.2 Å². The minimum atomic E-state index is -1.53. The van der Waals surface area contributed by atoms with Crippen LogP contribution >= 0.6 is 0 Å². The van der Waals surface area contributed by atoms with Gasteiger partial charge in [-0.25, -0.2) is 0 Å². The molecule has 21 heteroatoms. The summed E-state index contributed by atoms with van der Waals surface area (Å²) in [5, 5.41) is 41.5. The Hall–Kier alpha value is -5.63. The van der Waals surface area contributed by atoms with Crippen molar-refractivity contribution in [3.63, 3.8) is 0 Å². The summed E-state index contributed by atoms with van der Waals surface area (Å²) in [6.07, 6.45) is 0.429. The van der Waals surface area contributed by atoms with Gasteiger partial charge in [0.1, 0.15) is 36.8 Å². The molecule has 1 saturated heterocycles. The summed E-state index contributed by atoms with van der Waals surface area (Å²) in [5.41, 5.74) is 0. The number of carboxylic acid groups (broad SMARTS) is 3. The zero-order valence-electron chi connectivity index (χ0n) is 33.0. The summed E-state index contributed by atoms with van der Waals surface area (Å²) in [4.78, 5) is 139. The zero-order chi connectivity index (χ0) is 43.4. The van der Waals surface area contributed by atoms with Gasteiger partial charge in [-0.2, -0.15) is 0 Å². The van der Waals surface area contributed by atoms with Crippen molar-refractivity contribution in [1.82, 2.24) is 36.8 Å². The van der Waals surface area contributed by atoms with Gasteiger partial charge in [0.15, 0.2) is 0 Å². The van der Waals surface area contributed by atoms with Crippen LogP contribution in [-0.2, 0) is 52.7 Å². The van der Waals surface area contributed by atoms with E-state index in [0.717, 1.165) is 6.92 Å². The van der Waals surface area contributed by atoms with Crippen LogP contribution in [-0.4, -0.2) is 135 Å². The molecule has 320 valence electrons. The topological polar surface area (TPSA) is 324 Å². The first kappa shape index (κ1) is 49.4. The third kappa shape index (κ3) is 17.4. The van der Waals surface area contributed by atoms with Crippen molar-refractivity contribution in [2.24, 2.45) is 5.92 Å². The van der Waals surface area contributed by atoms with E-state index in [1.807, 2.05) is 12.2 Å². The number of rotatable bonds is 26. The lowest BCUT2D eigenvalue weighted by molar-refractivity contribution is -0.144. The molecule has 21 nitrogen and oxygen atoms in total. The van der Waals surface area contributed by atoms with Gasteiger partial charge in [-0.15, -0.1) is 0 Å². The molecule has 0 aromatic heterocycles. The second-order valence-electron chi connectivity index (χ2n) is 14.1. The Balaban J connectivity index is 3.26. The number of unbranched alkanes of at least 4 members (excludes halogenated alkanes) is 1. The summed E-state index contributed by atoms with van der Waals surface area (Å²) in [5.74, 6) is -11.5. The van der Waals surface area contributed by atoms with E-state index in [0.29, 0.717) is 25.7 Å². The molecule has 0 saturated carbocycles. The van der Waals surface area contributed by atoms with Crippen LogP contribution in [0, 0.1) is 5.92 Å². The van der Waals surface area contributed by atoms with Crippen LogP contribution in [0.4, 0.5) is 0 Å². The zero-order valence-corrected chi connectivity index (χ0v) is 33.0. The maximum absolute atomic E-state index is 14.0. The highest BCUT2D eigenvalue weighted by molar-refractivity contribution is 6.38. The molecule has 1 heterocycles. The number of hydrogen-bond donors (Lipinski definition) is 9. The van der Waals surface area contributed by atoms with Crippen molar-refractivity contribution in [2.45, 2.75) is 141 Å². The number of amides is 7. The van der Waals surface area contributed by atoms with Gasteiger partial charge in [0.05, 0.1) is 6.04 Å². The molecule has 1 aliphatic heterocycles. The van der Waals surface area contributed by atoms with Crippen LogP contribution in [0.1, 0.15) is 105 Å². The predicted molar refractivity (Wildman–Crippen MR) is 199 cm³/mol. The molecule has 7 amide bonds. The molecule has 57 heavy (non-hydrogen) atoms. The predicted octanol–water partition coefficient (Wildman–Crippen LogP) is -1.43. The van der Waals surface area contributed by atoms with Crippen LogP contribution in [0.2, 0.25) is 0 Å². The number of Topliss-reactive ketones (excluding diaryl/α,β-unsaturated/α-hetero) is 1. The van der Waals surface area contributed by atoms with Crippen molar-refractivity contribution < 1.29 is 68.1 Å². The van der Waals surface area contributed by atoms with Gasteiger partial charge < -0.3 is 52.1 Å². The minimum Gasteiger partial charge on any atom is -0.481 e. The molecule has 6 unspecified atom stereocenters. The van der Waals surface area contributed by atoms with Gasteiger partial charge in [0.25, 0.3) is 5.91 Å². The van der Waals surface area contributed by atoms with Gasteiger partial charge in [-0.05, 0) is 44.4 Å². The number of nitrogens with one attached hydrogen (secondary N) is 6. The summed E-state index contributed by atoms with van der Waals surface area (Å²) >= 11 is 0. The van der Waals surface area contributed by atoms with Gasteiger partial charge in [-0.1, -0.05) is 47.0 Å². The Kier molecular flexibility index (Phi) is 21.5. The molecule has 0 aromatic rings. The maximum Gasteiger partial charge on any atom is 0.322 e. The third-order valence-corrected chi connectivity index (χ3v) is 9.00. The molecular formula is C36H57N7O14. The summed E-state index contributed by atoms with van der Waals surface area (Å²) < 4.78 is 0. The lowest BCUT2D eigenvalue weighted by Crippen LogP contribution is -2.60. The Morgan fingerprint density at radius 2 is 1.21 bits per heavy atom. The molecule has 1 aliphatic rings. The normalized spacial score (nSPS) is 16.2. The Labute approximate surface area is 330 Å². The van der Waals surface area contributed by atoms with Crippen molar-refractivity contribution in [1.29, 1.82) is 0 Å². The van der Waals surface area contributed by atoms with E-state index >= 15 is 0 Å². The van der Waals surface area contributed by atoms with E-state index in [1.54, 1.807) is 20.8 Å². The number of carbonyl (C=O) groups excluding carboxylic acids is 8. The number of ketones is 1. The molecule has 0 aliphatic carbocycles. The molecule has 1 rings (SSSR count). The Morgan fingerprint density at radius 1 is 0.649 bits per heavy atom. The third-order valence-electron chi connectivity index (χ3n) is 9.00. The fraction of sp³-hybridized carbons (Fsp3) is 0.694. The second kappa shape index (κ2) is 24.8. The largest absolute Gasteiger partial charge is 0.481 e. The molecule has 0 aromatic carbocycles. The fourth-order valence-electron chi connectivity index (χ4n) is 6.04. The van der Waals surface area contributed by atoms with Crippen LogP contribution in [0.15, 0.2) is 0 Å². The van der Waals surface area contributed by atoms with Crippen molar-refractivity contribution >= 4 is 65.0 Å². The van der Waals surface area contributed by atoms with E-state index in [1.165, 1.54) is 4.90 Å². The first-order chi connectivity index (χ1) is 26.7. The van der Waals surface area contributed by atoms with E-state index < -0.39 is 133 Å². The number of carboxylic acids is 3. The average molecular weight is 812 g/mol. The van der Waals surface area contributed by atoms with E-state index in [4.69, 9.17) is 10.2 Å². The van der Waals surface area contributed by atoms with E-state index in [2.05, 4.69) is 26.6 Å². The van der Waals surface area contributed by atoms with Crippen LogP contribution in [0.25, 0.3) is 0 Å². The Morgan fingerprint density at radius 3 is 1.72 bits per heavy atom. The average Bonchev–Trinajstić information content (AvgIpc) is 3.63. The minimum absolute atomic E-state index is 0.0602. The summed E-state index contributed by atoms with van der Waals surface area (Å²) in [6, 6.07) is -7.74. The Bertz CT molecular complexity index is 1500. The lowest BCUT2D eigenvalue weighted by atomic mass is 10.00. The number of aliphatic carboxylic acids is 3. The highest BCUT2D eigenvalue weighted by Gasteiger charge is 2.40. The molecular weight excluding hydrogens is 754 g/mol. The standard InChI is InChI=1S/C36H57N7O14/c1-6-8-11-24(36(57)43-17-9-12-25(43)33(54)39-21(10-7-2)30(51)35(56)37-18-28(49)50)41-34(55)29(19(3)4)42-32(53)23(14-16-27(47)48)40-31(52)22(38-20(5)44)13-15-26(45)46/h19,21-25,29H,6-18H2,1-5H3,(H,37,56)(H,38,44)(H,39,54)(H,40,52)(H,41,55)(H,42,53)(H,45,46)(H,47,48)(H,49,50). The summed E-state index contributed by atoms with van der Waals surface area (Å²) in [7, 11) is 0. The lowest BCUT2D eigenvalue weighted by Gasteiger charge is -2.31. The van der Waals surface area contributed by atoms with Gasteiger partial charge >= 0.3 is 17.9 Å². The SMILES string of the molecule is CCCCC(NC(=O)C(NC(=O)C(CCC(=O)O)NC(=O)C(CCC(=O)O)NC(C)=O)C(C)C)C(=O)N1CCCC1C(=O)NC(CCC)C(=O)C(=O)NCC(=O)O. The van der Waals surface area contributed by atoms with E-state index in [9.17, 15) is 57.8 Å². The highest BCUT2D eigenvalue weighted by Crippen LogP contribution is 2.21.